The Labute approximate surface area is 185 Å². The number of nitrogens with zero attached hydrogens (tertiary/aromatic N) is 1. The first-order chi connectivity index (χ1) is 14.8. The smallest absolute Gasteiger partial charge is 0.242 e. The molecule has 4 nitrogen and oxygen atoms in total. The van der Waals surface area contributed by atoms with Crippen LogP contribution in [0.3, 0.4) is 0 Å². The van der Waals surface area contributed by atoms with Crippen LogP contribution in [0.1, 0.15) is 57.2 Å². The molecule has 0 aliphatic heterocycles. The summed E-state index contributed by atoms with van der Waals surface area (Å²) in [5.74, 6) is -0.206. The van der Waals surface area contributed by atoms with Crippen LogP contribution in [0, 0.1) is 11.7 Å². The summed E-state index contributed by atoms with van der Waals surface area (Å²) in [7, 11) is 0. The van der Waals surface area contributed by atoms with Gasteiger partial charge in [-0.05, 0) is 54.0 Å². The summed E-state index contributed by atoms with van der Waals surface area (Å²) in [6.45, 7) is 8.94. The number of nitrogens with one attached hydrogen (secondary N) is 1. The maximum atomic E-state index is 13.3. The number of rotatable bonds is 11. The molecule has 0 radical (unpaired) electrons. The van der Waals surface area contributed by atoms with Gasteiger partial charge in [0.2, 0.25) is 11.8 Å². The molecule has 0 aliphatic rings. The van der Waals surface area contributed by atoms with Crippen LogP contribution in [0.15, 0.2) is 48.5 Å². The van der Waals surface area contributed by atoms with E-state index in [1.165, 1.54) is 17.7 Å². The Morgan fingerprint density at radius 3 is 2.06 bits per heavy atom. The Balaban J connectivity index is 2.16. The summed E-state index contributed by atoms with van der Waals surface area (Å²) in [5, 5.41) is 2.96. The van der Waals surface area contributed by atoms with Crippen LogP contribution in [0.2, 0.25) is 0 Å². The molecule has 0 unspecified atom stereocenters. The molecule has 2 amide bonds. The van der Waals surface area contributed by atoms with Crippen LogP contribution >= 0.6 is 0 Å². The minimum atomic E-state index is -0.557. The van der Waals surface area contributed by atoms with Gasteiger partial charge in [-0.1, -0.05) is 64.1 Å². The molecule has 0 saturated heterocycles. The highest BCUT2D eigenvalue weighted by atomic mass is 19.1. The van der Waals surface area contributed by atoms with Gasteiger partial charge < -0.3 is 10.2 Å². The van der Waals surface area contributed by atoms with E-state index in [2.05, 4.69) is 36.5 Å². The summed E-state index contributed by atoms with van der Waals surface area (Å²) in [4.78, 5) is 27.7. The molecule has 31 heavy (non-hydrogen) atoms. The van der Waals surface area contributed by atoms with Crippen molar-refractivity contribution in [2.24, 2.45) is 5.92 Å². The summed E-state index contributed by atoms with van der Waals surface area (Å²) in [6, 6.07) is 13.8. The van der Waals surface area contributed by atoms with Gasteiger partial charge >= 0.3 is 0 Å². The van der Waals surface area contributed by atoms with Gasteiger partial charge in [0, 0.05) is 19.5 Å². The van der Waals surface area contributed by atoms with Crippen LogP contribution in [0.4, 0.5) is 4.39 Å². The largest absolute Gasteiger partial charge is 0.354 e. The van der Waals surface area contributed by atoms with Gasteiger partial charge in [-0.25, -0.2) is 4.39 Å². The first-order valence-electron chi connectivity index (χ1n) is 11.2. The van der Waals surface area contributed by atoms with E-state index in [9.17, 15) is 14.0 Å². The van der Waals surface area contributed by atoms with E-state index in [-0.39, 0.29) is 24.2 Å². The lowest BCUT2D eigenvalue weighted by atomic mass is 10.0. The van der Waals surface area contributed by atoms with Crippen molar-refractivity contribution in [2.75, 3.05) is 6.54 Å². The van der Waals surface area contributed by atoms with E-state index < -0.39 is 6.04 Å². The lowest BCUT2D eigenvalue weighted by Crippen LogP contribution is -2.49. The lowest BCUT2D eigenvalue weighted by molar-refractivity contribution is -0.141. The van der Waals surface area contributed by atoms with Gasteiger partial charge in [-0.2, -0.15) is 0 Å². The monoisotopic (exact) mass is 426 g/mol. The summed E-state index contributed by atoms with van der Waals surface area (Å²) in [6.07, 6.45) is 2.43. The SMILES string of the molecule is CCc1ccc(CCC(=O)N(Cc2ccc(F)cc2)[C@@H](CC)C(=O)NCC(C)C)cc1. The summed E-state index contributed by atoms with van der Waals surface area (Å²) in [5.41, 5.74) is 3.17. The predicted octanol–water partition coefficient (Wildman–Crippen LogP) is 4.90. The number of carbonyl (C=O) groups is 2. The Kier molecular flexibility index (Phi) is 9.70. The minimum absolute atomic E-state index is 0.0737. The molecule has 168 valence electrons. The molecule has 2 rings (SSSR count). The fourth-order valence-corrected chi connectivity index (χ4v) is 3.47. The normalized spacial score (nSPS) is 11.9. The van der Waals surface area contributed by atoms with Crippen molar-refractivity contribution >= 4 is 11.8 Å². The van der Waals surface area contributed by atoms with E-state index in [0.29, 0.717) is 31.7 Å². The predicted molar refractivity (Wildman–Crippen MR) is 123 cm³/mol. The molecule has 0 heterocycles. The number of aryl methyl sites for hydroxylation is 2. The van der Waals surface area contributed by atoms with Crippen molar-refractivity contribution in [1.29, 1.82) is 0 Å². The molecular weight excluding hydrogens is 391 g/mol. The van der Waals surface area contributed by atoms with E-state index in [4.69, 9.17) is 0 Å². The highest BCUT2D eigenvalue weighted by Crippen LogP contribution is 2.16. The number of hydrogen-bond donors (Lipinski definition) is 1. The summed E-state index contributed by atoms with van der Waals surface area (Å²) < 4.78 is 13.3. The molecule has 2 aromatic carbocycles. The van der Waals surface area contributed by atoms with Crippen molar-refractivity contribution < 1.29 is 14.0 Å². The molecule has 2 aromatic rings. The fourth-order valence-electron chi connectivity index (χ4n) is 3.47. The van der Waals surface area contributed by atoms with Crippen LogP contribution in [-0.2, 0) is 29.0 Å². The highest BCUT2D eigenvalue weighted by Gasteiger charge is 2.28. The number of halogens is 1. The molecule has 1 atom stereocenters. The topological polar surface area (TPSA) is 49.4 Å². The molecule has 0 bridgehead atoms. The van der Waals surface area contributed by atoms with Crippen molar-refractivity contribution in [3.05, 3.63) is 71.0 Å². The third-order valence-electron chi connectivity index (χ3n) is 5.40. The van der Waals surface area contributed by atoms with Crippen LogP contribution in [0.5, 0.6) is 0 Å². The number of carbonyl (C=O) groups excluding carboxylic acids is 2. The Morgan fingerprint density at radius 2 is 1.52 bits per heavy atom. The van der Waals surface area contributed by atoms with Gasteiger partial charge in [-0.15, -0.1) is 0 Å². The zero-order valence-electron chi connectivity index (χ0n) is 19.2. The quantitative estimate of drug-likeness (QED) is 0.556. The van der Waals surface area contributed by atoms with E-state index in [1.54, 1.807) is 17.0 Å². The zero-order valence-corrected chi connectivity index (χ0v) is 19.2. The van der Waals surface area contributed by atoms with E-state index in [0.717, 1.165) is 17.5 Å². The molecule has 1 N–H and O–H groups in total. The van der Waals surface area contributed by atoms with Crippen molar-refractivity contribution in [3.63, 3.8) is 0 Å². The van der Waals surface area contributed by atoms with Crippen LogP contribution < -0.4 is 5.32 Å². The highest BCUT2D eigenvalue weighted by molar-refractivity contribution is 5.87. The second-order valence-electron chi connectivity index (χ2n) is 8.38. The fraction of sp³-hybridized carbons (Fsp3) is 0.462. The van der Waals surface area contributed by atoms with Gasteiger partial charge in [0.25, 0.3) is 0 Å². The molecule has 0 aromatic heterocycles. The van der Waals surface area contributed by atoms with Crippen molar-refractivity contribution in [1.82, 2.24) is 10.2 Å². The Bertz CT molecular complexity index is 831. The second kappa shape index (κ2) is 12.2. The average molecular weight is 427 g/mol. The molecule has 5 heteroatoms. The average Bonchev–Trinajstić information content (AvgIpc) is 2.77. The number of benzene rings is 2. The minimum Gasteiger partial charge on any atom is -0.354 e. The van der Waals surface area contributed by atoms with Crippen LogP contribution in [0.25, 0.3) is 0 Å². The molecule has 0 fully saturated rings. The summed E-state index contributed by atoms with van der Waals surface area (Å²) >= 11 is 0. The van der Waals surface area contributed by atoms with E-state index in [1.807, 2.05) is 20.8 Å². The number of amides is 2. The van der Waals surface area contributed by atoms with Gasteiger partial charge in [0.15, 0.2) is 0 Å². The maximum Gasteiger partial charge on any atom is 0.242 e. The Hall–Kier alpha value is -2.69. The van der Waals surface area contributed by atoms with Crippen molar-refractivity contribution in [2.45, 2.75) is 66.0 Å². The molecular formula is C26H35FN2O2. The maximum absolute atomic E-state index is 13.3. The Morgan fingerprint density at radius 1 is 0.935 bits per heavy atom. The van der Waals surface area contributed by atoms with Gasteiger partial charge in [0.1, 0.15) is 11.9 Å². The molecule has 0 saturated carbocycles. The zero-order chi connectivity index (χ0) is 22.8. The van der Waals surface area contributed by atoms with Gasteiger partial charge in [0.05, 0.1) is 0 Å². The lowest BCUT2D eigenvalue weighted by Gasteiger charge is -2.31. The number of hydrogen-bond acceptors (Lipinski definition) is 2. The molecule has 0 aliphatic carbocycles. The van der Waals surface area contributed by atoms with Gasteiger partial charge in [-0.3, -0.25) is 9.59 Å². The molecule has 0 spiro atoms. The standard InChI is InChI=1S/C26H35FN2O2/c1-5-20-7-9-21(10-8-20)13-16-25(30)29(18-22-11-14-23(27)15-12-22)24(6-2)26(31)28-17-19(3)4/h7-12,14-15,19,24H,5-6,13,16-18H2,1-4H3,(H,28,31)/t24-/m0/s1. The van der Waals surface area contributed by atoms with E-state index >= 15 is 0 Å². The first-order valence-corrected chi connectivity index (χ1v) is 11.2. The third kappa shape index (κ3) is 7.82. The third-order valence-corrected chi connectivity index (χ3v) is 5.40. The van der Waals surface area contributed by atoms with Crippen molar-refractivity contribution in [3.8, 4) is 0 Å². The first kappa shape index (κ1) is 24.6. The van der Waals surface area contributed by atoms with Crippen LogP contribution in [-0.4, -0.2) is 29.3 Å². The second-order valence-corrected chi connectivity index (χ2v) is 8.38.